The molecule has 0 saturated heterocycles. The molecule has 2 rings (SSSR count). The lowest BCUT2D eigenvalue weighted by Gasteiger charge is -2.18. The van der Waals surface area contributed by atoms with E-state index in [2.05, 4.69) is 80.4 Å². The zero-order valence-electron chi connectivity index (χ0n) is 11.4. The molecule has 3 N–H and O–H groups in total. The van der Waals surface area contributed by atoms with Gasteiger partial charge in [-0.2, -0.15) is 0 Å². The maximum absolute atomic E-state index is 5.72. The van der Waals surface area contributed by atoms with Crippen molar-refractivity contribution in [2.75, 3.05) is 0 Å². The van der Waals surface area contributed by atoms with Crippen LogP contribution in [0.15, 0.2) is 45.5 Å². The van der Waals surface area contributed by atoms with Gasteiger partial charge in [0.15, 0.2) is 0 Å². The highest BCUT2D eigenvalue weighted by Gasteiger charge is 2.17. The molecule has 106 valence electrons. The number of aromatic nitrogens is 1. The third-order valence-corrected chi connectivity index (χ3v) is 4.28. The first-order valence-corrected chi connectivity index (χ1v) is 7.98. The van der Waals surface area contributed by atoms with Crippen molar-refractivity contribution < 1.29 is 0 Å². The van der Waals surface area contributed by atoms with Crippen LogP contribution in [0.2, 0.25) is 0 Å². The average Bonchev–Trinajstić information content (AvgIpc) is 2.42. The number of pyridine rings is 1. The molecule has 0 spiro atoms. The minimum atomic E-state index is -0.140. The summed E-state index contributed by atoms with van der Waals surface area (Å²) in [5, 5.41) is 0. The van der Waals surface area contributed by atoms with Crippen LogP contribution in [0.25, 0.3) is 0 Å². The SMILES string of the molecule is CC(C)c1ccc(C(NN)c2ncc(Br)cc2Br)cc1. The van der Waals surface area contributed by atoms with Gasteiger partial charge in [0.1, 0.15) is 0 Å². The molecule has 5 heteroatoms. The monoisotopic (exact) mass is 397 g/mol. The highest BCUT2D eigenvalue weighted by Crippen LogP contribution is 2.29. The van der Waals surface area contributed by atoms with Crippen LogP contribution in [0.3, 0.4) is 0 Å². The van der Waals surface area contributed by atoms with Crippen molar-refractivity contribution in [3.8, 4) is 0 Å². The van der Waals surface area contributed by atoms with Crippen LogP contribution in [0, 0.1) is 0 Å². The summed E-state index contributed by atoms with van der Waals surface area (Å²) >= 11 is 6.94. The quantitative estimate of drug-likeness (QED) is 0.596. The molecule has 0 aliphatic heterocycles. The number of halogens is 2. The maximum atomic E-state index is 5.72. The van der Waals surface area contributed by atoms with Crippen LogP contribution < -0.4 is 11.3 Å². The van der Waals surface area contributed by atoms with E-state index in [1.807, 2.05) is 6.07 Å². The van der Waals surface area contributed by atoms with Crippen molar-refractivity contribution >= 4 is 31.9 Å². The molecular weight excluding hydrogens is 382 g/mol. The van der Waals surface area contributed by atoms with E-state index in [4.69, 9.17) is 5.84 Å². The summed E-state index contributed by atoms with van der Waals surface area (Å²) < 4.78 is 1.85. The highest BCUT2D eigenvalue weighted by atomic mass is 79.9. The fourth-order valence-corrected chi connectivity index (χ4v) is 3.26. The topological polar surface area (TPSA) is 50.9 Å². The van der Waals surface area contributed by atoms with E-state index in [1.165, 1.54) is 5.56 Å². The second-order valence-corrected chi connectivity index (χ2v) is 6.71. The number of rotatable bonds is 4. The van der Waals surface area contributed by atoms with Gasteiger partial charge in [-0.25, -0.2) is 5.43 Å². The molecule has 1 aromatic heterocycles. The van der Waals surface area contributed by atoms with Gasteiger partial charge >= 0.3 is 0 Å². The summed E-state index contributed by atoms with van der Waals surface area (Å²) in [7, 11) is 0. The highest BCUT2D eigenvalue weighted by molar-refractivity contribution is 9.11. The lowest BCUT2D eigenvalue weighted by Crippen LogP contribution is -2.29. The molecule has 0 bridgehead atoms. The van der Waals surface area contributed by atoms with E-state index in [9.17, 15) is 0 Å². The van der Waals surface area contributed by atoms with Crippen molar-refractivity contribution in [1.82, 2.24) is 10.4 Å². The minimum Gasteiger partial charge on any atom is -0.271 e. The Morgan fingerprint density at radius 1 is 1.10 bits per heavy atom. The zero-order valence-corrected chi connectivity index (χ0v) is 14.6. The molecule has 1 aromatic carbocycles. The van der Waals surface area contributed by atoms with Gasteiger partial charge in [0.25, 0.3) is 0 Å². The Morgan fingerprint density at radius 2 is 1.70 bits per heavy atom. The van der Waals surface area contributed by atoms with E-state index in [0.29, 0.717) is 5.92 Å². The number of nitrogens with zero attached hydrogens (tertiary/aromatic N) is 1. The number of hydrogen-bond acceptors (Lipinski definition) is 3. The lowest BCUT2D eigenvalue weighted by atomic mass is 9.98. The molecule has 0 amide bonds. The smallest absolute Gasteiger partial charge is 0.0892 e. The molecule has 1 unspecified atom stereocenters. The van der Waals surface area contributed by atoms with Gasteiger partial charge in [0, 0.05) is 15.1 Å². The molecule has 1 heterocycles. The molecule has 1 atom stereocenters. The summed E-state index contributed by atoms with van der Waals surface area (Å²) in [5.74, 6) is 6.24. The van der Waals surface area contributed by atoms with Crippen LogP contribution >= 0.6 is 31.9 Å². The second-order valence-electron chi connectivity index (χ2n) is 4.94. The van der Waals surface area contributed by atoms with E-state index < -0.39 is 0 Å². The molecule has 0 aliphatic carbocycles. The van der Waals surface area contributed by atoms with Gasteiger partial charge in [-0.3, -0.25) is 10.8 Å². The number of hydrogen-bond donors (Lipinski definition) is 2. The Morgan fingerprint density at radius 3 is 2.20 bits per heavy atom. The number of nitrogens with two attached hydrogens (primary N) is 1. The van der Waals surface area contributed by atoms with Gasteiger partial charge < -0.3 is 0 Å². The molecule has 20 heavy (non-hydrogen) atoms. The van der Waals surface area contributed by atoms with Gasteiger partial charge in [0.2, 0.25) is 0 Å². The Kier molecular flexibility index (Phi) is 5.32. The third kappa shape index (κ3) is 3.47. The van der Waals surface area contributed by atoms with Gasteiger partial charge in [-0.1, -0.05) is 38.1 Å². The van der Waals surface area contributed by atoms with E-state index in [0.717, 1.165) is 20.2 Å². The Hall–Kier alpha value is -0.750. The Bertz CT molecular complexity index is 582. The normalized spacial score (nSPS) is 12.7. The molecule has 2 aromatic rings. The molecule has 0 radical (unpaired) electrons. The van der Waals surface area contributed by atoms with Crippen LogP contribution in [-0.2, 0) is 0 Å². The third-order valence-electron chi connectivity index (χ3n) is 3.21. The van der Waals surface area contributed by atoms with E-state index in [1.54, 1.807) is 6.20 Å². The van der Waals surface area contributed by atoms with Crippen molar-refractivity contribution in [1.29, 1.82) is 0 Å². The first-order chi connectivity index (χ1) is 9.52. The molecule has 0 fully saturated rings. The molecule has 0 aliphatic rings. The fourth-order valence-electron chi connectivity index (χ4n) is 2.04. The van der Waals surface area contributed by atoms with Gasteiger partial charge in [-0.05, 0) is 55.0 Å². The summed E-state index contributed by atoms with van der Waals surface area (Å²) in [6.07, 6.45) is 1.77. The summed E-state index contributed by atoms with van der Waals surface area (Å²) in [6, 6.07) is 10.3. The predicted molar refractivity (Wildman–Crippen MR) is 89.3 cm³/mol. The minimum absolute atomic E-state index is 0.140. The van der Waals surface area contributed by atoms with Crippen molar-refractivity contribution in [3.05, 3.63) is 62.3 Å². The number of hydrazine groups is 1. The Labute approximate surface area is 136 Å². The Balaban J connectivity index is 2.36. The van der Waals surface area contributed by atoms with Crippen LogP contribution in [0.5, 0.6) is 0 Å². The lowest BCUT2D eigenvalue weighted by molar-refractivity contribution is 0.617. The second kappa shape index (κ2) is 6.80. The summed E-state index contributed by atoms with van der Waals surface area (Å²) in [6.45, 7) is 4.36. The van der Waals surface area contributed by atoms with Gasteiger partial charge in [0.05, 0.1) is 11.7 Å². The summed E-state index contributed by atoms with van der Waals surface area (Å²) in [4.78, 5) is 4.45. The predicted octanol–water partition coefficient (Wildman–Crippen LogP) is 4.28. The zero-order chi connectivity index (χ0) is 14.7. The standard InChI is InChI=1S/C15H17Br2N3/c1-9(2)10-3-5-11(6-4-10)14(20-18)15-13(17)7-12(16)8-19-15/h3-9,14,20H,18H2,1-2H3. The van der Waals surface area contributed by atoms with Crippen LogP contribution in [0.4, 0.5) is 0 Å². The maximum Gasteiger partial charge on any atom is 0.0892 e. The molecular formula is C15H17Br2N3. The molecule has 0 saturated carbocycles. The number of nitrogens with one attached hydrogen (secondary N) is 1. The first-order valence-electron chi connectivity index (χ1n) is 6.40. The van der Waals surface area contributed by atoms with Gasteiger partial charge in [-0.15, -0.1) is 0 Å². The van der Waals surface area contributed by atoms with Crippen molar-refractivity contribution in [2.24, 2.45) is 5.84 Å². The van der Waals surface area contributed by atoms with E-state index in [-0.39, 0.29) is 6.04 Å². The summed E-state index contributed by atoms with van der Waals surface area (Å²) in [5.41, 5.74) is 6.11. The van der Waals surface area contributed by atoms with E-state index >= 15 is 0 Å². The average molecular weight is 399 g/mol. The van der Waals surface area contributed by atoms with Crippen LogP contribution in [-0.4, -0.2) is 4.98 Å². The van der Waals surface area contributed by atoms with Crippen molar-refractivity contribution in [3.63, 3.8) is 0 Å². The first kappa shape index (κ1) is 15.6. The number of benzene rings is 1. The van der Waals surface area contributed by atoms with Crippen molar-refractivity contribution in [2.45, 2.75) is 25.8 Å². The fraction of sp³-hybridized carbons (Fsp3) is 0.267. The molecule has 3 nitrogen and oxygen atoms in total. The largest absolute Gasteiger partial charge is 0.271 e. The van der Waals surface area contributed by atoms with Crippen LogP contribution in [0.1, 0.15) is 42.6 Å².